The van der Waals surface area contributed by atoms with E-state index in [9.17, 15) is 18.0 Å². The van der Waals surface area contributed by atoms with Crippen molar-refractivity contribution >= 4 is 50.6 Å². The molecule has 11 heteroatoms. The Hall–Kier alpha value is -3.70. The van der Waals surface area contributed by atoms with Gasteiger partial charge < -0.3 is 14.6 Å². The Morgan fingerprint density at radius 2 is 1.97 bits per heavy atom. The molecule has 0 saturated heterocycles. The summed E-state index contributed by atoms with van der Waals surface area (Å²) < 4.78 is 33.6. The number of benzene rings is 1. The second kappa shape index (κ2) is 9.84. The average molecular weight is 472 g/mol. The molecule has 0 aliphatic heterocycles. The third-order valence-electron chi connectivity index (χ3n) is 4.86. The van der Waals surface area contributed by atoms with Crippen LogP contribution in [0.3, 0.4) is 0 Å². The van der Waals surface area contributed by atoms with Crippen LogP contribution in [0.15, 0.2) is 47.0 Å². The first-order valence-electron chi connectivity index (χ1n) is 9.98. The number of carbonyl (C=O) groups is 2. The first-order valence-corrected chi connectivity index (χ1v) is 11.5. The lowest BCUT2D eigenvalue weighted by molar-refractivity contribution is -0.125. The number of rotatable bonds is 8. The van der Waals surface area contributed by atoms with Crippen molar-refractivity contribution in [2.24, 2.45) is 0 Å². The number of para-hydroxylation sites is 1. The SMILES string of the molecule is CNS(=O)(=O)Nc1cc(NC(C)=O)c(/C=C/C(=O)N(C)Cc2oc3ccccc3c2C)cn1. The van der Waals surface area contributed by atoms with Crippen molar-refractivity contribution in [1.82, 2.24) is 14.6 Å². The highest BCUT2D eigenvalue weighted by atomic mass is 32.2. The maximum atomic E-state index is 12.7. The minimum atomic E-state index is -3.77. The maximum Gasteiger partial charge on any atom is 0.300 e. The van der Waals surface area contributed by atoms with Gasteiger partial charge in [0.15, 0.2) is 0 Å². The quantitative estimate of drug-likeness (QED) is 0.433. The van der Waals surface area contributed by atoms with Gasteiger partial charge in [0, 0.05) is 55.9 Å². The summed E-state index contributed by atoms with van der Waals surface area (Å²) in [4.78, 5) is 29.8. The summed E-state index contributed by atoms with van der Waals surface area (Å²) in [6.07, 6.45) is 4.20. The minimum Gasteiger partial charge on any atom is -0.459 e. The van der Waals surface area contributed by atoms with Crippen LogP contribution in [-0.2, 0) is 26.3 Å². The smallest absolute Gasteiger partial charge is 0.300 e. The van der Waals surface area contributed by atoms with E-state index in [-0.39, 0.29) is 24.2 Å². The summed E-state index contributed by atoms with van der Waals surface area (Å²) in [6, 6.07) is 9.03. The molecule has 33 heavy (non-hydrogen) atoms. The van der Waals surface area contributed by atoms with Gasteiger partial charge in [0.25, 0.3) is 10.2 Å². The zero-order chi connectivity index (χ0) is 24.2. The number of pyridine rings is 1. The molecule has 2 amide bonds. The summed E-state index contributed by atoms with van der Waals surface area (Å²) in [5, 5.41) is 3.61. The van der Waals surface area contributed by atoms with Crippen LogP contribution in [0, 0.1) is 6.92 Å². The van der Waals surface area contributed by atoms with Gasteiger partial charge >= 0.3 is 0 Å². The Bertz CT molecular complexity index is 1330. The maximum absolute atomic E-state index is 12.7. The molecule has 0 spiro atoms. The van der Waals surface area contributed by atoms with Gasteiger partial charge in [0.1, 0.15) is 17.2 Å². The van der Waals surface area contributed by atoms with E-state index in [4.69, 9.17) is 4.42 Å². The highest BCUT2D eigenvalue weighted by Gasteiger charge is 2.15. The number of amides is 2. The molecule has 0 atom stereocenters. The van der Waals surface area contributed by atoms with E-state index in [1.54, 1.807) is 7.05 Å². The Kier molecular flexibility index (Phi) is 7.14. The fourth-order valence-electron chi connectivity index (χ4n) is 3.10. The number of fused-ring (bicyclic) bond motifs is 1. The van der Waals surface area contributed by atoms with E-state index >= 15 is 0 Å². The molecule has 2 heterocycles. The van der Waals surface area contributed by atoms with Crippen molar-refractivity contribution in [2.45, 2.75) is 20.4 Å². The molecule has 174 valence electrons. The summed E-state index contributed by atoms with van der Waals surface area (Å²) >= 11 is 0. The zero-order valence-corrected chi connectivity index (χ0v) is 19.5. The molecule has 0 saturated carbocycles. The highest BCUT2D eigenvalue weighted by molar-refractivity contribution is 7.90. The Morgan fingerprint density at radius 1 is 1.24 bits per heavy atom. The second-order valence-electron chi connectivity index (χ2n) is 7.32. The van der Waals surface area contributed by atoms with Crippen LogP contribution >= 0.6 is 0 Å². The number of hydrogen-bond donors (Lipinski definition) is 3. The van der Waals surface area contributed by atoms with E-state index in [2.05, 4.69) is 19.7 Å². The predicted octanol–water partition coefficient (Wildman–Crippen LogP) is 2.64. The van der Waals surface area contributed by atoms with Crippen LogP contribution in [0.5, 0.6) is 0 Å². The number of nitrogens with one attached hydrogen (secondary N) is 3. The number of aryl methyl sites for hydroxylation is 1. The molecule has 3 aromatic rings. The van der Waals surface area contributed by atoms with Crippen molar-refractivity contribution < 1.29 is 22.4 Å². The molecular formula is C22H25N5O5S. The van der Waals surface area contributed by atoms with E-state index in [1.165, 1.54) is 43.3 Å². The summed E-state index contributed by atoms with van der Waals surface area (Å²) in [6.45, 7) is 3.55. The number of likely N-dealkylation sites (N-methyl/N-ethyl adjacent to an activating group) is 1. The lowest BCUT2D eigenvalue weighted by atomic mass is 10.1. The Labute approximate surface area is 191 Å². The molecule has 1 aromatic carbocycles. The zero-order valence-electron chi connectivity index (χ0n) is 18.7. The van der Waals surface area contributed by atoms with Crippen LogP contribution in [0.2, 0.25) is 0 Å². The van der Waals surface area contributed by atoms with Crippen LogP contribution in [0.4, 0.5) is 11.5 Å². The first-order chi connectivity index (χ1) is 15.6. The monoisotopic (exact) mass is 471 g/mol. The molecule has 3 N–H and O–H groups in total. The predicted molar refractivity (Wildman–Crippen MR) is 127 cm³/mol. The number of aromatic nitrogens is 1. The molecule has 0 aliphatic rings. The van der Waals surface area contributed by atoms with Gasteiger partial charge in [-0.2, -0.15) is 8.42 Å². The van der Waals surface area contributed by atoms with Crippen molar-refractivity contribution in [1.29, 1.82) is 0 Å². The van der Waals surface area contributed by atoms with Gasteiger partial charge in [-0.05, 0) is 19.1 Å². The fraction of sp³-hybridized carbons (Fsp3) is 0.227. The third-order valence-corrected chi connectivity index (χ3v) is 5.87. The van der Waals surface area contributed by atoms with E-state index in [0.717, 1.165) is 16.5 Å². The molecular weight excluding hydrogens is 446 g/mol. The van der Waals surface area contributed by atoms with Crippen molar-refractivity contribution in [3.05, 3.63) is 59.5 Å². The molecule has 3 rings (SSSR count). The topological polar surface area (TPSA) is 134 Å². The van der Waals surface area contributed by atoms with Gasteiger partial charge in [0.2, 0.25) is 11.8 Å². The van der Waals surface area contributed by atoms with Gasteiger partial charge in [-0.1, -0.05) is 18.2 Å². The Balaban J connectivity index is 1.78. The van der Waals surface area contributed by atoms with Gasteiger partial charge in [-0.25, -0.2) is 9.71 Å². The molecule has 0 fully saturated rings. The van der Waals surface area contributed by atoms with E-state index in [0.29, 0.717) is 17.0 Å². The highest BCUT2D eigenvalue weighted by Crippen LogP contribution is 2.26. The van der Waals surface area contributed by atoms with Crippen molar-refractivity contribution in [2.75, 3.05) is 24.1 Å². The van der Waals surface area contributed by atoms with Gasteiger partial charge in [-0.3, -0.25) is 14.3 Å². The molecule has 0 bridgehead atoms. The lowest BCUT2D eigenvalue weighted by Gasteiger charge is -2.14. The Morgan fingerprint density at radius 3 is 2.64 bits per heavy atom. The number of anilines is 2. The number of nitrogens with zero attached hydrogens (tertiary/aromatic N) is 2. The van der Waals surface area contributed by atoms with Crippen LogP contribution in [0.1, 0.15) is 23.8 Å². The molecule has 0 aliphatic carbocycles. The summed E-state index contributed by atoms with van der Waals surface area (Å²) in [7, 11) is -0.866. The average Bonchev–Trinajstić information content (AvgIpc) is 3.07. The molecule has 2 aromatic heterocycles. The molecule has 0 unspecified atom stereocenters. The van der Waals surface area contributed by atoms with E-state index < -0.39 is 10.2 Å². The lowest BCUT2D eigenvalue weighted by Crippen LogP contribution is -2.27. The van der Waals surface area contributed by atoms with Crippen LogP contribution < -0.4 is 14.8 Å². The first kappa shape index (κ1) is 24.0. The second-order valence-corrected chi connectivity index (χ2v) is 8.94. The fourth-order valence-corrected chi connectivity index (χ4v) is 3.59. The molecule has 0 radical (unpaired) electrons. The largest absolute Gasteiger partial charge is 0.459 e. The van der Waals surface area contributed by atoms with Crippen LogP contribution in [0.25, 0.3) is 17.0 Å². The van der Waals surface area contributed by atoms with Crippen LogP contribution in [-0.4, -0.2) is 44.2 Å². The van der Waals surface area contributed by atoms with E-state index in [1.807, 2.05) is 31.2 Å². The van der Waals surface area contributed by atoms with Gasteiger partial charge in [0.05, 0.1) is 12.2 Å². The number of furan rings is 1. The molecule has 10 nitrogen and oxygen atoms in total. The minimum absolute atomic E-state index is 0.00838. The summed E-state index contributed by atoms with van der Waals surface area (Å²) in [5.74, 6) is 0.0574. The number of carbonyl (C=O) groups excluding carboxylic acids is 2. The van der Waals surface area contributed by atoms with Gasteiger partial charge in [-0.15, -0.1) is 0 Å². The van der Waals surface area contributed by atoms with Crippen molar-refractivity contribution in [3.63, 3.8) is 0 Å². The third kappa shape index (κ3) is 5.96. The standard InChI is InChI=1S/C22H25N5O5S/c1-14-17-7-5-6-8-19(17)32-20(14)13-27(4)22(29)10-9-16-12-24-21(26-33(30,31)23-3)11-18(16)25-15(2)28/h5-12,23H,13H2,1-4H3,(H2,24,25,26,28)/b10-9+. The number of hydrogen-bond acceptors (Lipinski definition) is 6. The van der Waals surface area contributed by atoms with Crippen molar-refractivity contribution in [3.8, 4) is 0 Å². The normalized spacial score (nSPS) is 11.6. The summed E-state index contributed by atoms with van der Waals surface area (Å²) in [5.41, 5.74) is 2.47.